The molecule has 0 radical (unpaired) electrons. The Hall–Kier alpha value is -2.63. The lowest BCUT2D eigenvalue weighted by Gasteiger charge is -2.04. The number of carbonyl (C=O) groups is 2. The van der Waals surface area contributed by atoms with E-state index >= 15 is 0 Å². The van der Waals surface area contributed by atoms with E-state index in [4.69, 9.17) is 17.4 Å². The Balaban J connectivity index is 2.19. The lowest BCUT2D eigenvalue weighted by molar-refractivity contribution is 0.0955. The van der Waals surface area contributed by atoms with Gasteiger partial charge in [0.2, 0.25) is 0 Å². The molecular formula is C16H12ClN3O2. The van der Waals surface area contributed by atoms with E-state index < -0.39 is 5.91 Å². The minimum Gasteiger partial charge on any atom is -0.290 e. The van der Waals surface area contributed by atoms with E-state index in [2.05, 4.69) is 5.43 Å². The minimum atomic E-state index is -0.450. The third-order valence-electron chi connectivity index (χ3n) is 3.38. The molecule has 0 bridgehead atoms. The van der Waals surface area contributed by atoms with Crippen molar-refractivity contribution in [1.82, 2.24) is 9.99 Å². The summed E-state index contributed by atoms with van der Waals surface area (Å²) in [6.45, 7) is 0. The van der Waals surface area contributed by atoms with Crippen LogP contribution in [0.3, 0.4) is 0 Å². The Labute approximate surface area is 131 Å². The van der Waals surface area contributed by atoms with E-state index in [-0.39, 0.29) is 5.91 Å². The fourth-order valence-electron chi connectivity index (χ4n) is 2.37. The highest BCUT2D eigenvalue weighted by atomic mass is 35.5. The molecule has 3 aromatic rings. The Bertz CT molecular complexity index is 886. The second-order valence-corrected chi connectivity index (χ2v) is 5.16. The second-order valence-electron chi connectivity index (χ2n) is 4.72. The number of hydrogen-bond acceptors (Lipinski definition) is 3. The predicted molar refractivity (Wildman–Crippen MR) is 84.8 cm³/mol. The molecule has 110 valence electrons. The molecule has 3 N–H and O–H groups in total. The summed E-state index contributed by atoms with van der Waals surface area (Å²) in [7, 11) is 0. The molecule has 1 heterocycles. The number of para-hydroxylation sites is 1. The molecule has 1 amide bonds. The first-order valence-electron chi connectivity index (χ1n) is 6.53. The molecular weight excluding hydrogens is 302 g/mol. The highest BCUT2D eigenvalue weighted by Crippen LogP contribution is 2.23. The van der Waals surface area contributed by atoms with Crippen molar-refractivity contribution in [2.45, 2.75) is 0 Å². The van der Waals surface area contributed by atoms with Crippen LogP contribution >= 0.6 is 11.6 Å². The Morgan fingerprint density at radius 3 is 2.59 bits per heavy atom. The van der Waals surface area contributed by atoms with Crippen molar-refractivity contribution >= 4 is 34.3 Å². The monoisotopic (exact) mass is 313 g/mol. The summed E-state index contributed by atoms with van der Waals surface area (Å²) < 4.78 is 1.42. The fraction of sp³-hybridized carbons (Fsp3) is 0. The summed E-state index contributed by atoms with van der Waals surface area (Å²) >= 11 is 5.93. The van der Waals surface area contributed by atoms with Gasteiger partial charge in [-0.2, -0.15) is 0 Å². The zero-order chi connectivity index (χ0) is 15.7. The van der Waals surface area contributed by atoms with Crippen LogP contribution in [0.2, 0.25) is 5.02 Å². The van der Waals surface area contributed by atoms with Crippen LogP contribution in [-0.2, 0) is 0 Å². The summed E-state index contributed by atoms with van der Waals surface area (Å²) in [4.78, 5) is 24.6. The van der Waals surface area contributed by atoms with Crippen molar-refractivity contribution in [3.8, 4) is 0 Å². The van der Waals surface area contributed by atoms with Crippen LogP contribution in [0.4, 0.5) is 0 Å². The van der Waals surface area contributed by atoms with Gasteiger partial charge in [-0.3, -0.25) is 19.6 Å². The number of nitrogens with two attached hydrogens (primary N) is 1. The van der Waals surface area contributed by atoms with Crippen LogP contribution in [0.25, 0.3) is 10.9 Å². The van der Waals surface area contributed by atoms with Gasteiger partial charge in [-0.25, -0.2) is 5.84 Å². The van der Waals surface area contributed by atoms with E-state index in [9.17, 15) is 9.59 Å². The number of nitrogens with zero attached hydrogens (tertiary/aromatic N) is 1. The lowest BCUT2D eigenvalue weighted by atomic mass is 10.1. The van der Waals surface area contributed by atoms with Gasteiger partial charge in [0.05, 0.1) is 11.1 Å². The normalized spacial score (nSPS) is 10.6. The maximum Gasteiger partial charge on any atom is 0.267 e. The summed E-state index contributed by atoms with van der Waals surface area (Å²) in [5, 5.41) is 1.13. The van der Waals surface area contributed by atoms with Crippen LogP contribution in [0, 0.1) is 0 Å². The molecule has 0 spiro atoms. The topological polar surface area (TPSA) is 77.1 Å². The maximum absolute atomic E-state index is 12.7. The van der Waals surface area contributed by atoms with Gasteiger partial charge in [0.15, 0.2) is 0 Å². The van der Waals surface area contributed by atoms with Gasteiger partial charge in [-0.05, 0) is 24.3 Å². The summed E-state index contributed by atoms with van der Waals surface area (Å²) in [5.74, 6) is 4.48. The van der Waals surface area contributed by atoms with Crippen LogP contribution in [0.15, 0.2) is 54.7 Å². The molecule has 5 nitrogen and oxygen atoms in total. The number of carbonyl (C=O) groups excluding carboxylic acids is 2. The van der Waals surface area contributed by atoms with Crippen molar-refractivity contribution in [2.24, 2.45) is 5.84 Å². The van der Waals surface area contributed by atoms with E-state index in [0.717, 1.165) is 0 Å². The molecule has 6 heteroatoms. The van der Waals surface area contributed by atoms with Gasteiger partial charge < -0.3 is 0 Å². The van der Waals surface area contributed by atoms with E-state index in [1.54, 1.807) is 48.5 Å². The maximum atomic E-state index is 12.7. The fourth-order valence-corrected chi connectivity index (χ4v) is 2.56. The van der Waals surface area contributed by atoms with Crippen LogP contribution < -0.4 is 11.3 Å². The molecule has 22 heavy (non-hydrogen) atoms. The average molecular weight is 314 g/mol. The van der Waals surface area contributed by atoms with Crippen LogP contribution in [0.5, 0.6) is 0 Å². The first-order chi connectivity index (χ1) is 10.6. The van der Waals surface area contributed by atoms with Crippen molar-refractivity contribution in [3.05, 3.63) is 70.9 Å². The van der Waals surface area contributed by atoms with E-state index in [1.807, 2.05) is 0 Å². The van der Waals surface area contributed by atoms with Crippen molar-refractivity contribution in [2.75, 3.05) is 0 Å². The molecule has 0 fully saturated rings. The number of hydrogen-bond donors (Lipinski definition) is 2. The van der Waals surface area contributed by atoms with Gasteiger partial charge in [0.1, 0.15) is 0 Å². The van der Waals surface area contributed by atoms with Crippen LogP contribution in [0.1, 0.15) is 20.7 Å². The van der Waals surface area contributed by atoms with E-state index in [1.165, 1.54) is 10.8 Å². The molecule has 1 aromatic heterocycles. The standard InChI is InChI=1S/C16H12ClN3O2/c17-11-5-3-4-10(8-11)16(22)20-9-13(15(21)19-18)12-6-1-2-7-14(12)20/h1-9H,18H2,(H,19,21). The molecule has 0 aliphatic heterocycles. The van der Waals surface area contributed by atoms with Gasteiger partial charge in [-0.1, -0.05) is 35.9 Å². The highest BCUT2D eigenvalue weighted by Gasteiger charge is 2.18. The number of nitrogens with one attached hydrogen (secondary N) is 1. The number of hydrazine groups is 1. The number of rotatable bonds is 2. The Morgan fingerprint density at radius 2 is 1.86 bits per heavy atom. The number of halogens is 1. The Kier molecular flexibility index (Phi) is 3.66. The molecule has 0 atom stereocenters. The van der Waals surface area contributed by atoms with Gasteiger partial charge in [0.25, 0.3) is 11.8 Å². The van der Waals surface area contributed by atoms with Crippen molar-refractivity contribution in [3.63, 3.8) is 0 Å². The summed E-state index contributed by atoms with van der Waals surface area (Å²) in [5.41, 5.74) is 3.50. The third kappa shape index (κ3) is 2.36. The number of amides is 1. The minimum absolute atomic E-state index is 0.269. The molecule has 0 unspecified atom stereocenters. The molecule has 3 rings (SSSR count). The zero-order valence-electron chi connectivity index (χ0n) is 11.4. The second kappa shape index (κ2) is 5.63. The number of aromatic nitrogens is 1. The van der Waals surface area contributed by atoms with Crippen LogP contribution in [-0.4, -0.2) is 16.4 Å². The van der Waals surface area contributed by atoms with E-state index in [0.29, 0.717) is 27.1 Å². The number of benzene rings is 2. The smallest absolute Gasteiger partial charge is 0.267 e. The summed E-state index contributed by atoms with van der Waals surface area (Å²) in [6, 6.07) is 13.8. The number of nitrogen functional groups attached to an aromatic ring is 1. The first kappa shape index (κ1) is 14.3. The quantitative estimate of drug-likeness (QED) is 0.434. The molecule has 0 saturated carbocycles. The molecule has 0 aliphatic carbocycles. The van der Waals surface area contributed by atoms with Gasteiger partial charge >= 0.3 is 0 Å². The van der Waals surface area contributed by atoms with Crippen molar-refractivity contribution in [1.29, 1.82) is 0 Å². The summed E-state index contributed by atoms with van der Waals surface area (Å²) in [6.07, 6.45) is 1.48. The third-order valence-corrected chi connectivity index (χ3v) is 3.61. The molecule has 2 aromatic carbocycles. The largest absolute Gasteiger partial charge is 0.290 e. The van der Waals surface area contributed by atoms with Gasteiger partial charge in [0, 0.05) is 22.2 Å². The first-order valence-corrected chi connectivity index (χ1v) is 6.91. The Morgan fingerprint density at radius 1 is 1.09 bits per heavy atom. The zero-order valence-corrected chi connectivity index (χ0v) is 12.2. The number of fused-ring (bicyclic) bond motifs is 1. The predicted octanol–water partition coefficient (Wildman–Crippen LogP) is 2.59. The molecule has 0 saturated heterocycles. The highest BCUT2D eigenvalue weighted by molar-refractivity contribution is 6.31. The van der Waals surface area contributed by atoms with Gasteiger partial charge in [-0.15, -0.1) is 0 Å². The SMILES string of the molecule is NNC(=O)c1cn(C(=O)c2cccc(Cl)c2)c2ccccc12. The average Bonchev–Trinajstić information content (AvgIpc) is 2.93. The van der Waals surface area contributed by atoms with Crippen molar-refractivity contribution < 1.29 is 9.59 Å². The lowest BCUT2D eigenvalue weighted by Crippen LogP contribution is -2.29. The molecule has 0 aliphatic rings.